The van der Waals surface area contributed by atoms with Crippen molar-refractivity contribution >= 4 is 17.2 Å². The van der Waals surface area contributed by atoms with E-state index in [0.29, 0.717) is 24.8 Å². The SMILES string of the molecule is NC(=S)c1ccc(COCCOc2ccccc2)cc1. The van der Waals surface area contributed by atoms with E-state index in [4.69, 9.17) is 27.4 Å². The number of para-hydroxylation sites is 1. The Bertz CT molecular complexity index is 540. The van der Waals surface area contributed by atoms with Gasteiger partial charge in [-0.3, -0.25) is 0 Å². The van der Waals surface area contributed by atoms with Crippen LogP contribution >= 0.6 is 12.2 Å². The smallest absolute Gasteiger partial charge is 0.119 e. The topological polar surface area (TPSA) is 44.5 Å². The molecule has 0 bridgehead atoms. The lowest BCUT2D eigenvalue weighted by molar-refractivity contribution is 0.0889. The normalized spacial score (nSPS) is 10.2. The van der Waals surface area contributed by atoms with Gasteiger partial charge in [-0.05, 0) is 17.7 Å². The zero-order valence-electron chi connectivity index (χ0n) is 11.1. The van der Waals surface area contributed by atoms with Gasteiger partial charge in [-0.15, -0.1) is 0 Å². The number of thiocarbonyl (C=S) groups is 1. The lowest BCUT2D eigenvalue weighted by atomic mass is 10.1. The monoisotopic (exact) mass is 287 g/mol. The summed E-state index contributed by atoms with van der Waals surface area (Å²) in [5.74, 6) is 0.858. The highest BCUT2D eigenvalue weighted by atomic mass is 32.1. The highest BCUT2D eigenvalue weighted by Gasteiger charge is 1.98. The molecule has 3 nitrogen and oxygen atoms in total. The van der Waals surface area contributed by atoms with Gasteiger partial charge in [0.2, 0.25) is 0 Å². The summed E-state index contributed by atoms with van der Waals surface area (Å²) in [5.41, 5.74) is 7.50. The third-order valence-electron chi connectivity index (χ3n) is 2.75. The van der Waals surface area contributed by atoms with E-state index >= 15 is 0 Å². The fourth-order valence-electron chi connectivity index (χ4n) is 1.69. The summed E-state index contributed by atoms with van der Waals surface area (Å²) in [4.78, 5) is 0.411. The summed E-state index contributed by atoms with van der Waals surface area (Å²) in [5, 5.41) is 0. The van der Waals surface area contributed by atoms with Crippen molar-refractivity contribution in [2.75, 3.05) is 13.2 Å². The van der Waals surface area contributed by atoms with Gasteiger partial charge in [-0.2, -0.15) is 0 Å². The molecule has 0 radical (unpaired) electrons. The van der Waals surface area contributed by atoms with Crippen molar-refractivity contribution in [2.45, 2.75) is 6.61 Å². The minimum atomic E-state index is 0.411. The Kier molecular flexibility index (Phi) is 5.53. The molecule has 0 aromatic heterocycles. The number of hydrogen-bond acceptors (Lipinski definition) is 3. The third kappa shape index (κ3) is 4.64. The van der Waals surface area contributed by atoms with Crippen molar-refractivity contribution in [3.8, 4) is 5.75 Å². The maximum absolute atomic E-state index is 5.55. The van der Waals surface area contributed by atoms with Crippen molar-refractivity contribution in [3.05, 3.63) is 65.7 Å². The second-order valence-corrected chi connectivity index (χ2v) is 4.72. The zero-order chi connectivity index (χ0) is 14.2. The Morgan fingerprint density at radius 1 is 0.950 bits per heavy atom. The second-order valence-electron chi connectivity index (χ2n) is 4.28. The summed E-state index contributed by atoms with van der Waals surface area (Å²) < 4.78 is 11.1. The van der Waals surface area contributed by atoms with Gasteiger partial charge in [0.1, 0.15) is 17.3 Å². The number of benzene rings is 2. The second kappa shape index (κ2) is 7.62. The molecule has 0 amide bonds. The summed E-state index contributed by atoms with van der Waals surface area (Å²) in [6, 6.07) is 17.4. The van der Waals surface area contributed by atoms with Crippen LogP contribution in [-0.4, -0.2) is 18.2 Å². The van der Waals surface area contributed by atoms with Crippen LogP contribution in [0.2, 0.25) is 0 Å². The molecule has 0 aliphatic rings. The maximum atomic E-state index is 5.55. The van der Waals surface area contributed by atoms with E-state index in [9.17, 15) is 0 Å². The Balaban J connectivity index is 1.67. The van der Waals surface area contributed by atoms with Gasteiger partial charge >= 0.3 is 0 Å². The Morgan fingerprint density at radius 2 is 1.65 bits per heavy atom. The highest BCUT2D eigenvalue weighted by Crippen LogP contribution is 2.08. The van der Waals surface area contributed by atoms with Crippen LogP contribution in [0.1, 0.15) is 11.1 Å². The van der Waals surface area contributed by atoms with Crippen LogP contribution in [0, 0.1) is 0 Å². The van der Waals surface area contributed by atoms with Gasteiger partial charge in [0.05, 0.1) is 13.2 Å². The molecule has 0 atom stereocenters. The van der Waals surface area contributed by atoms with Crippen molar-refractivity contribution < 1.29 is 9.47 Å². The average molecular weight is 287 g/mol. The van der Waals surface area contributed by atoms with Crippen LogP contribution < -0.4 is 10.5 Å². The first kappa shape index (κ1) is 14.5. The van der Waals surface area contributed by atoms with Gasteiger partial charge < -0.3 is 15.2 Å². The van der Waals surface area contributed by atoms with Gasteiger partial charge in [0, 0.05) is 5.56 Å². The molecule has 2 rings (SSSR count). The van der Waals surface area contributed by atoms with E-state index < -0.39 is 0 Å². The van der Waals surface area contributed by atoms with E-state index in [-0.39, 0.29) is 0 Å². The van der Waals surface area contributed by atoms with Crippen molar-refractivity contribution in [3.63, 3.8) is 0 Å². The van der Waals surface area contributed by atoms with E-state index in [1.54, 1.807) is 0 Å². The van der Waals surface area contributed by atoms with Crippen LogP contribution in [0.3, 0.4) is 0 Å². The summed E-state index contributed by atoms with van der Waals surface area (Å²) >= 11 is 4.90. The molecule has 0 heterocycles. The lowest BCUT2D eigenvalue weighted by Crippen LogP contribution is -2.09. The largest absolute Gasteiger partial charge is 0.491 e. The molecule has 0 spiro atoms. The fraction of sp³-hybridized carbons (Fsp3) is 0.188. The molecule has 0 fully saturated rings. The molecule has 0 unspecified atom stereocenters. The van der Waals surface area contributed by atoms with E-state index in [2.05, 4.69) is 0 Å². The Labute approximate surface area is 124 Å². The molecule has 20 heavy (non-hydrogen) atoms. The summed E-state index contributed by atoms with van der Waals surface area (Å²) in [6.45, 7) is 1.64. The molecule has 0 aliphatic carbocycles. The standard InChI is InChI=1S/C16H17NO2S/c17-16(20)14-8-6-13(7-9-14)12-18-10-11-19-15-4-2-1-3-5-15/h1-9H,10-12H2,(H2,17,20). The van der Waals surface area contributed by atoms with Crippen LogP contribution in [0.4, 0.5) is 0 Å². The van der Waals surface area contributed by atoms with Crippen molar-refractivity contribution in [1.82, 2.24) is 0 Å². The Hall–Kier alpha value is -1.91. The van der Waals surface area contributed by atoms with E-state index in [0.717, 1.165) is 16.9 Å². The predicted molar refractivity (Wildman–Crippen MR) is 83.9 cm³/mol. The minimum absolute atomic E-state index is 0.411. The van der Waals surface area contributed by atoms with Gasteiger partial charge in [-0.25, -0.2) is 0 Å². The molecule has 104 valence electrons. The average Bonchev–Trinajstić information content (AvgIpc) is 2.48. The number of nitrogens with two attached hydrogens (primary N) is 1. The molecule has 2 aromatic rings. The van der Waals surface area contributed by atoms with Gasteiger partial charge in [0.15, 0.2) is 0 Å². The molecular weight excluding hydrogens is 270 g/mol. The van der Waals surface area contributed by atoms with Crippen LogP contribution in [0.15, 0.2) is 54.6 Å². The first-order chi connectivity index (χ1) is 9.75. The quantitative estimate of drug-likeness (QED) is 0.628. The zero-order valence-corrected chi connectivity index (χ0v) is 11.9. The van der Waals surface area contributed by atoms with Crippen LogP contribution in [0.25, 0.3) is 0 Å². The fourth-order valence-corrected chi connectivity index (χ4v) is 1.83. The lowest BCUT2D eigenvalue weighted by Gasteiger charge is -2.07. The van der Waals surface area contributed by atoms with Crippen LogP contribution in [0.5, 0.6) is 5.75 Å². The van der Waals surface area contributed by atoms with E-state index in [1.165, 1.54) is 0 Å². The molecule has 2 aromatic carbocycles. The third-order valence-corrected chi connectivity index (χ3v) is 2.98. The number of hydrogen-bond donors (Lipinski definition) is 1. The first-order valence-corrected chi connectivity index (χ1v) is 6.81. The summed E-state index contributed by atoms with van der Waals surface area (Å²) in [6.07, 6.45) is 0. The van der Waals surface area contributed by atoms with Gasteiger partial charge in [0.25, 0.3) is 0 Å². The minimum Gasteiger partial charge on any atom is -0.491 e. The predicted octanol–water partition coefficient (Wildman–Crippen LogP) is 2.92. The summed E-state index contributed by atoms with van der Waals surface area (Å²) in [7, 11) is 0. The highest BCUT2D eigenvalue weighted by molar-refractivity contribution is 7.80. The Morgan fingerprint density at radius 3 is 2.30 bits per heavy atom. The molecule has 0 saturated heterocycles. The molecule has 0 saturated carbocycles. The molecule has 0 aliphatic heterocycles. The van der Waals surface area contributed by atoms with Crippen LogP contribution in [-0.2, 0) is 11.3 Å². The van der Waals surface area contributed by atoms with Crippen molar-refractivity contribution in [2.24, 2.45) is 5.73 Å². The molecule has 4 heteroatoms. The van der Waals surface area contributed by atoms with Crippen molar-refractivity contribution in [1.29, 1.82) is 0 Å². The van der Waals surface area contributed by atoms with Gasteiger partial charge in [-0.1, -0.05) is 54.7 Å². The number of rotatable bonds is 7. The number of ether oxygens (including phenoxy) is 2. The first-order valence-electron chi connectivity index (χ1n) is 6.40. The maximum Gasteiger partial charge on any atom is 0.119 e. The molecule has 2 N–H and O–H groups in total. The van der Waals surface area contributed by atoms with E-state index in [1.807, 2.05) is 54.6 Å². The molecular formula is C16H17NO2S.